The normalized spacial score (nSPS) is 10.6. The summed E-state index contributed by atoms with van der Waals surface area (Å²) in [6, 6.07) is 10.5. The first-order valence-electron chi connectivity index (χ1n) is 8.36. The van der Waals surface area contributed by atoms with Crippen molar-refractivity contribution in [1.29, 1.82) is 10.5 Å². The quantitative estimate of drug-likeness (QED) is 0.551. The van der Waals surface area contributed by atoms with Crippen molar-refractivity contribution in [2.24, 2.45) is 5.73 Å². The third-order valence-corrected chi connectivity index (χ3v) is 4.90. The van der Waals surface area contributed by atoms with E-state index in [1.807, 2.05) is 19.9 Å². The highest BCUT2D eigenvalue weighted by Crippen LogP contribution is 2.33. The Morgan fingerprint density at radius 2 is 1.96 bits per heavy atom. The fraction of sp³-hybridized carbons (Fsp3) is 0.200. The van der Waals surface area contributed by atoms with Crippen molar-refractivity contribution in [3.8, 4) is 17.9 Å². The van der Waals surface area contributed by atoms with Gasteiger partial charge >= 0.3 is 0 Å². The number of aryl methyl sites for hydroxylation is 1. The molecular formula is C20H18N4O3S. The predicted octanol–water partition coefficient (Wildman–Crippen LogP) is 2.90. The largest absolute Gasteiger partial charge is 0.484 e. The molecule has 0 aliphatic carbocycles. The lowest BCUT2D eigenvalue weighted by Gasteiger charge is -2.05. The molecule has 0 radical (unpaired) electrons. The number of anilines is 1. The molecule has 0 unspecified atom stereocenters. The molecule has 2 amide bonds. The maximum atomic E-state index is 12.5. The molecule has 0 bridgehead atoms. The molecule has 0 spiro atoms. The van der Waals surface area contributed by atoms with Crippen LogP contribution >= 0.6 is 11.3 Å². The number of hydrogen-bond donors (Lipinski definition) is 2. The van der Waals surface area contributed by atoms with Gasteiger partial charge in [-0.2, -0.15) is 10.5 Å². The Hall–Kier alpha value is -3.62. The first kappa shape index (κ1) is 20.7. The molecule has 0 aliphatic heterocycles. The van der Waals surface area contributed by atoms with Crippen LogP contribution in [0, 0.1) is 29.6 Å². The van der Waals surface area contributed by atoms with Crippen molar-refractivity contribution in [3.05, 3.63) is 51.4 Å². The van der Waals surface area contributed by atoms with E-state index in [9.17, 15) is 20.1 Å². The van der Waals surface area contributed by atoms with E-state index in [-0.39, 0.29) is 12.2 Å². The van der Waals surface area contributed by atoms with E-state index in [4.69, 9.17) is 10.5 Å². The summed E-state index contributed by atoms with van der Waals surface area (Å²) < 4.78 is 5.16. The second-order valence-electron chi connectivity index (χ2n) is 5.75. The number of hydrogen-bond acceptors (Lipinski definition) is 6. The Labute approximate surface area is 166 Å². The number of nitrogens with two attached hydrogens (primary N) is 1. The zero-order valence-electron chi connectivity index (χ0n) is 15.4. The van der Waals surface area contributed by atoms with Crippen LogP contribution < -0.4 is 15.8 Å². The van der Waals surface area contributed by atoms with Crippen molar-refractivity contribution in [3.63, 3.8) is 0 Å². The van der Waals surface area contributed by atoms with E-state index in [2.05, 4.69) is 11.4 Å². The zero-order chi connectivity index (χ0) is 20.7. The number of carbonyl (C=O) groups is 2. The third-order valence-electron chi connectivity index (χ3n) is 3.84. The van der Waals surface area contributed by atoms with Gasteiger partial charge in [0.25, 0.3) is 11.8 Å². The summed E-state index contributed by atoms with van der Waals surface area (Å²) in [5, 5.41) is 21.8. The molecule has 1 heterocycles. The topological polar surface area (TPSA) is 129 Å². The van der Waals surface area contributed by atoms with Crippen LogP contribution in [0.5, 0.6) is 5.75 Å². The number of nitrogens with one attached hydrogen (secondary N) is 1. The average molecular weight is 394 g/mol. The molecule has 0 saturated carbocycles. The summed E-state index contributed by atoms with van der Waals surface area (Å²) in [7, 11) is 0. The van der Waals surface area contributed by atoms with Gasteiger partial charge in [0.1, 0.15) is 28.5 Å². The van der Waals surface area contributed by atoms with Crippen molar-refractivity contribution in [2.45, 2.75) is 20.3 Å². The van der Waals surface area contributed by atoms with Crippen molar-refractivity contribution < 1.29 is 14.3 Å². The van der Waals surface area contributed by atoms with Gasteiger partial charge in [0.15, 0.2) is 6.61 Å². The van der Waals surface area contributed by atoms with E-state index < -0.39 is 11.8 Å². The van der Waals surface area contributed by atoms with Gasteiger partial charge in [-0.25, -0.2) is 0 Å². The van der Waals surface area contributed by atoms with Crippen LogP contribution in [0.4, 0.5) is 5.00 Å². The maximum Gasteiger partial charge on any atom is 0.266 e. The van der Waals surface area contributed by atoms with E-state index in [1.54, 1.807) is 24.3 Å². The summed E-state index contributed by atoms with van der Waals surface area (Å²) >= 11 is 1.32. The fourth-order valence-corrected chi connectivity index (χ4v) is 3.60. The Morgan fingerprint density at radius 3 is 2.50 bits per heavy atom. The van der Waals surface area contributed by atoms with Crippen LogP contribution in [0.3, 0.4) is 0 Å². The van der Waals surface area contributed by atoms with Crippen molar-refractivity contribution in [1.82, 2.24) is 0 Å². The maximum absolute atomic E-state index is 12.5. The smallest absolute Gasteiger partial charge is 0.266 e. The highest BCUT2D eigenvalue weighted by molar-refractivity contribution is 7.16. The molecule has 2 rings (SSSR count). The van der Waals surface area contributed by atoms with E-state index in [0.29, 0.717) is 28.3 Å². The average Bonchev–Trinajstić information content (AvgIpc) is 2.98. The Kier molecular flexibility index (Phi) is 6.91. The molecule has 142 valence electrons. The van der Waals surface area contributed by atoms with Crippen LogP contribution in [0.1, 0.15) is 28.5 Å². The standard InChI is InChI=1S/C20H18N4O3S/c1-3-16-12(2)28-20(17(16)10-22)24-19(26)14(9-21)8-13-4-6-15(7-5-13)27-11-18(23)25/h4-8H,3,11H2,1-2H3,(H2,23,25)(H,24,26)/b14-8+. The van der Waals surface area contributed by atoms with Crippen molar-refractivity contribution >= 4 is 34.2 Å². The van der Waals surface area contributed by atoms with Crippen LogP contribution in [0.25, 0.3) is 6.08 Å². The predicted molar refractivity (Wildman–Crippen MR) is 107 cm³/mol. The molecule has 0 fully saturated rings. The van der Waals surface area contributed by atoms with Crippen LogP contribution in [0.2, 0.25) is 0 Å². The summed E-state index contributed by atoms with van der Waals surface area (Å²) in [4.78, 5) is 24.2. The molecule has 3 N–H and O–H groups in total. The highest BCUT2D eigenvalue weighted by Gasteiger charge is 2.18. The zero-order valence-corrected chi connectivity index (χ0v) is 16.2. The first-order valence-corrected chi connectivity index (χ1v) is 9.17. The van der Waals surface area contributed by atoms with Gasteiger partial charge < -0.3 is 15.8 Å². The minimum Gasteiger partial charge on any atom is -0.484 e. The number of rotatable bonds is 7. The third kappa shape index (κ3) is 4.97. The molecule has 0 atom stereocenters. The minimum atomic E-state index is -0.586. The van der Waals surface area contributed by atoms with Gasteiger partial charge in [-0.1, -0.05) is 19.1 Å². The molecule has 8 heteroatoms. The number of nitrogens with zero attached hydrogens (tertiary/aromatic N) is 2. The number of amides is 2. The lowest BCUT2D eigenvalue weighted by Crippen LogP contribution is -2.19. The molecule has 1 aromatic heterocycles. The first-order chi connectivity index (χ1) is 13.4. The number of carbonyl (C=O) groups excluding carboxylic acids is 2. The molecule has 0 aliphatic rings. The summed E-state index contributed by atoms with van der Waals surface area (Å²) in [6.45, 7) is 3.60. The van der Waals surface area contributed by atoms with Gasteiger partial charge in [-0.05, 0) is 42.7 Å². The molecule has 0 saturated heterocycles. The van der Waals surface area contributed by atoms with E-state index in [1.165, 1.54) is 17.4 Å². The summed E-state index contributed by atoms with van der Waals surface area (Å²) in [6.07, 6.45) is 2.12. The van der Waals surface area contributed by atoms with E-state index in [0.717, 1.165) is 10.4 Å². The number of primary amides is 1. The minimum absolute atomic E-state index is 0.0983. The lowest BCUT2D eigenvalue weighted by atomic mass is 10.1. The van der Waals surface area contributed by atoms with Gasteiger partial charge in [-0.3, -0.25) is 9.59 Å². The monoisotopic (exact) mass is 394 g/mol. The Morgan fingerprint density at radius 1 is 1.29 bits per heavy atom. The molecular weight excluding hydrogens is 376 g/mol. The lowest BCUT2D eigenvalue weighted by molar-refractivity contribution is -0.120. The van der Waals surface area contributed by atoms with E-state index >= 15 is 0 Å². The highest BCUT2D eigenvalue weighted by atomic mass is 32.1. The summed E-state index contributed by atoms with van der Waals surface area (Å²) in [5.41, 5.74) is 6.86. The molecule has 2 aromatic rings. The van der Waals surface area contributed by atoms with Crippen LogP contribution in [-0.2, 0) is 16.0 Å². The van der Waals surface area contributed by atoms with Crippen LogP contribution in [0.15, 0.2) is 29.8 Å². The fourth-order valence-electron chi connectivity index (χ4n) is 2.51. The second-order valence-corrected chi connectivity index (χ2v) is 6.98. The number of thiophene rings is 1. The van der Waals surface area contributed by atoms with Gasteiger partial charge in [-0.15, -0.1) is 11.3 Å². The number of nitriles is 2. The number of benzene rings is 1. The van der Waals surface area contributed by atoms with Gasteiger partial charge in [0, 0.05) is 4.88 Å². The molecule has 7 nitrogen and oxygen atoms in total. The van der Waals surface area contributed by atoms with Crippen LogP contribution in [-0.4, -0.2) is 18.4 Å². The Bertz CT molecular complexity index is 1010. The Balaban J connectivity index is 2.19. The van der Waals surface area contributed by atoms with Gasteiger partial charge in [0.2, 0.25) is 0 Å². The molecule has 1 aromatic carbocycles. The number of ether oxygens (including phenoxy) is 1. The van der Waals surface area contributed by atoms with Gasteiger partial charge in [0.05, 0.1) is 5.56 Å². The van der Waals surface area contributed by atoms with Crippen molar-refractivity contribution in [2.75, 3.05) is 11.9 Å². The SMILES string of the molecule is CCc1c(C)sc(NC(=O)/C(C#N)=C/c2ccc(OCC(N)=O)cc2)c1C#N. The summed E-state index contributed by atoms with van der Waals surface area (Å²) in [5.74, 6) is -0.727. The molecule has 28 heavy (non-hydrogen) atoms. The second kappa shape index (κ2) is 9.36.